The van der Waals surface area contributed by atoms with E-state index in [4.69, 9.17) is 8.73 Å². The van der Waals surface area contributed by atoms with Crippen LogP contribution in [0, 0.1) is 11.8 Å². The van der Waals surface area contributed by atoms with Gasteiger partial charge in [-0.3, -0.25) is 13.5 Å². The van der Waals surface area contributed by atoms with Gasteiger partial charge in [-0.15, -0.1) is 19.6 Å². The zero-order valence-electron chi connectivity index (χ0n) is 17.7. The fourth-order valence-corrected chi connectivity index (χ4v) is 10.7. The number of rotatable bonds is 4. The largest absolute Gasteiger partial charge is 0.314 e. The molecule has 0 spiro atoms. The molecule has 0 saturated carbocycles. The zero-order chi connectivity index (χ0) is 19.4. The van der Waals surface area contributed by atoms with Crippen LogP contribution in [0.25, 0.3) is 0 Å². The fourth-order valence-electron chi connectivity index (χ4n) is 4.06. The van der Waals surface area contributed by atoms with Crippen LogP contribution >= 0.6 is 0 Å². The molecule has 0 radical (unpaired) electrons. The molecule has 7 heteroatoms. The van der Waals surface area contributed by atoms with Crippen LogP contribution < -0.4 is 10.6 Å². The van der Waals surface area contributed by atoms with Gasteiger partial charge in [0.1, 0.15) is 0 Å². The quantitative estimate of drug-likeness (QED) is 0.543. The SMILES string of the molecule is CC1NCCCC1CN=[SH](C)(C)C(=O)[SH](C)(C)=NCC1CCCNC1C. The van der Waals surface area contributed by atoms with E-state index in [0.29, 0.717) is 28.4 Å². The molecule has 5 nitrogen and oxygen atoms in total. The van der Waals surface area contributed by atoms with Crippen molar-refractivity contribution in [3.63, 3.8) is 0 Å². The number of carbonyl (C=O) groups is 1. The van der Waals surface area contributed by atoms with Gasteiger partial charge in [-0.05, 0) is 89.5 Å². The van der Waals surface area contributed by atoms with Gasteiger partial charge in [-0.1, -0.05) is 0 Å². The molecule has 0 aliphatic carbocycles. The van der Waals surface area contributed by atoms with Crippen molar-refractivity contribution in [3.05, 3.63) is 0 Å². The number of nitrogens with one attached hydrogen (secondary N) is 2. The number of nitrogens with zero attached hydrogens (tertiary/aromatic N) is 2. The average molecular weight is 407 g/mol. The number of hydrogen-bond acceptors (Lipinski definition) is 5. The Bertz CT molecular complexity index is 542. The Morgan fingerprint density at radius 2 is 1.23 bits per heavy atom. The minimum atomic E-state index is -1.93. The lowest BCUT2D eigenvalue weighted by atomic mass is 9.92. The molecule has 2 aliphatic heterocycles. The van der Waals surface area contributed by atoms with Crippen LogP contribution in [0.3, 0.4) is 0 Å². The minimum Gasteiger partial charge on any atom is -0.314 e. The summed E-state index contributed by atoms with van der Waals surface area (Å²) in [5.41, 5.74) is 0. The van der Waals surface area contributed by atoms with E-state index in [0.717, 1.165) is 26.2 Å². The summed E-state index contributed by atoms with van der Waals surface area (Å²) in [6.07, 6.45) is 13.3. The van der Waals surface area contributed by atoms with Gasteiger partial charge in [0.2, 0.25) is 4.45 Å². The van der Waals surface area contributed by atoms with Crippen molar-refractivity contribution in [1.82, 2.24) is 10.6 Å². The van der Waals surface area contributed by atoms with Crippen molar-refractivity contribution in [2.24, 2.45) is 20.6 Å². The topological polar surface area (TPSA) is 65.8 Å². The molecular weight excluding hydrogens is 364 g/mol. The van der Waals surface area contributed by atoms with E-state index in [-0.39, 0.29) is 0 Å². The second kappa shape index (κ2) is 9.39. The summed E-state index contributed by atoms with van der Waals surface area (Å²) in [6, 6.07) is 1.02. The maximum atomic E-state index is 13.3. The van der Waals surface area contributed by atoms with Crippen molar-refractivity contribution >= 4 is 24.1 Å². The highest BCUT2D eigenvalue weighted by atomic mass is 32.3. The van der Waals surface area contributed by atoms with Crippen molar-refractivity contribution in [1.29, 1.82) is 0 Å². The molecule has 0 aromatic carbocycles. The molecule has 156 valence electrons. The van der Waals surface area contributed by atoms with Crippen molar-refractivity contribution < 1.29 is 4.79 Å². The van der Waals surface area contributed by atoms with Gasteiger partial charge in [-0.25, -0.2) is 0 Å². The second-order valence-corrected chi connectivity index (χ2v) is 16.3. The van der Waals surface area contributed by atoms with Gasteiger partial charge in [0.15, 0.2) is 0 Å². The molecule has 0 aromatic heterocycles. The molecule has 0 aromatic rings. The lowest BCUT2D eigenvalue weighted by Gasteiger charge is -2.33. The molecule has 2 heterocycles. The standard InChI is InChI=1S/C19H42N4OS2/c1-15-17(9-7-11-20-15)13-22-25(3,4)19(24)26(5,6)23-14-18-10-8-12-21-16(18)2/h15-18,20-21,25-26H,7-14H2,1-6H3. The Balaban J connectivity index is 2.05. The van der Waals surface area contributed by atoms with Crippen LogP contribution in [0.1, 0.15) is 39.5 Å². The summed E-state index contributed by atoms with van der Waals surface area (Å²) in [7, 11) is -3.87. The first-order valence-corrected chi connectivity index (χ1v) is 15.5. The highest BCUT2D eigenvalue weighted by Gasteiger charge is 2.25. The Hall–Kier alpha value is -0.110. The van der Waals surface area contributed by atoms with Gasteiger partial charge in [0.05, 0.1) is 0 Å². The first-order chi connectivity index (χ1) is 12.1. The van der Waals surface area contributed by atoms with Gasteiger partial charge < -0.3 is 10.6 Å². The summed E-state index contributed by atoms with van der Waals surface area (Å²) >= 11 is 0. The van der Waals surface area contributed by atoms with Crippen molar-refractivity contribution in [3.8, 4) is 0 Å². The van der Waals surface area contributed by atoms with E-state index >= 15 is 0 Å². The van der Waals surface area contributed by atoms with Crippen molar-refractivity contribution in [2.45, 2.75) is 51.6 Å². The summed E-state index contributed by atoms with van der Waals surface area (Å²) in [6.45, 7) is 8.37. The smallest absolute Gasteiger partial charge is 0.226 e. The lowest BCUT2D eigenvalue weighted by Crippen LogP contribution is -2.41. The van der Waals surface area contributed by atoms with Gasteiger partial charge >= 0.3 is 0 Å². The van der Waals surface area contributed by atoms with Crippen LogP contribution in [-0.4, -0.2) is 67.7 Å². The number of carbonyl (C=O) groups excluding carboxylic acids is 1. The third kappa shape index (κ3) is 5.94. The zero-order valence-corrected chi connectivity index (χ0v) is 19.5. The van der Waals surface area contributed by atoms with Crippen LogP contribution in [0.2, 0.25) is 0 Å². The van der Waals surface area contributed by atoms with E-state index < -0.39 is 19.6 Å². The third-order valence-corrected chi connectivity index (χ3v) is 12.7. The van der Waals surface area contributed by atoms with Gasteiger partial charge in [0, 0.05) is 25.2 Å². The second-order valence-electron chi connectivity index (χ2n) is 9.01. The minimum absolute atomic E-state index is 0.359. The highest BCUT2D eigenvalue weighted by Crippen LogP contribution is 2.23. The van der Waals surface area contributed by atoms with Gasteiger partial charge in [0.25, 0.3) is 0 Å². The summed E-state index contributed by atoms with van der Waals surface area (Å²) < 4.78 is 10.3. The maximum absolute atomic E-state index is 13.3. The van der Waals surface area contributed by atoms with E-state index in [1.54, 1.807) is 0 Å². The van der Waals surface area contributed by atoms with E-state index in [1.165, 1.54) is 25.7 Å². The predicted molar refractivity (Wildman–Crippen MR) is 122 cm³/mol. The molecule has 4 atom stereocenters. The monoisotopic (exact) mass is 406 g/mol. The van der Waals surface area contributed by atoms with E-state index in [9.17, 15) is 4.79 Å². The molecule has 2 aliphatic rings. The Morgan fingerprint density at radius 3 is 1.58 bits per heavy atom. The molecule has 4 unspecified atom stereocenters. The number of hydrogen-bond donors (Lipinski definition) is 4. The Kier molecular flexibility index (Phi) is 8.01. The average Bonchev–Trinajstić information content (AvgIpc) is 2.60. The third-order valence-electron chi connectivity index (χ3n) is 6.13. The summed E-state index contributed by atoms with van der Waals surface area (Å²) in [5, 5.41) is 7.08. The summed E-state index contributed by atoms with van der Waals surface area (Å²) in [5.74, 6) is 1.15. The first kappa shape index (κ1) is 22.2. The molecular formula is C19H42N4OS2. The molecule has 0 bridgehead atoms. The maximum Gasteiger partial charge on any atom is 0.226 e. The highest BCUT2D eigenvalue weighted by molar-refractivity contribution is 8.41. The predicted octanol–water partition coefficient (Wildman–Crippen LogP) is 2.54. The Morgan fingerprint density at radius 1 is 0.846 bits per heavy atom. The molecule has 26 heavy (non-hydrogen) atoms. The first-order valence-electron chi connectivity index (χ1n) is 10.2. The van der Waals surface area contributed by atoms with Crippen LogP contribution in [-0.2, 0) is 19.6 Å². The number of thiol groups is 2. The van der Waals surface area contributed by atoms with Crippen LogP contribution in [0.4, 0.5) is 4.79 Å². The van der Waals surface area contributed by atoms with E-state index in [1.807, 2.05) is 0 Å². The molecule has 2 saturated heterocycles. The summed E-state index contributed by atoms with van der Waals surface area (Å²) in [4.78, 5) is 13.3. The number of piperidine rings is 2. The van der Waals surface area contributed by atoms with E-state index in [2.05, 4.69) is 49.5 Å². The Labute approximate surface area is 163 Å². The molecule has 2 N–H and O–H groups in total. The van der Waals surface area contributed by atoms with Crippen molar-refractivity contribution in [2.75, 3.05) is 51.2 Å². The lowest BCUT2D eigenvalue weighted by molar-refractivity contribution is 0.275. The fraction of sp³-hybridized carbons (Fsp3) is 0.947. The molecule has 2 rings (SSSR count). The normalized spacial score (nSPS) is 31.9. The van der Waals surface area contributed by atoms with Crippen LogP contribution in [0.5, 0.6) is 0 Å². The van der Waals surface area contributed by atoms with Gasteiger partial charge in [-0.2, -0.15) is 0 Å². The molecule has 0 amide bonds. The van der Waals surface area contributed by atoms with Crippen LogP contribution in [0.15, 0.2) is 8.73 Å². The molecule has 2 fully saturated rings.